The first-order valence-corrected chi connectivity index (χ1v) is 7.80. The lowest BCUT2D eigenvalue weighted by Gasteiger charge is -2.32. The van der Waals surface area contributed by atoms with Crippen molar-refractivity contribution in [3.63, 3.8) is 0 Å². The first kappa shape index (κ1) is 17.3. The van der Waals surface area contributed by atoms with Gasteiger partial charge in [-0.1, -0.05) is 12.1 Å². The summed E-state index contributed by atoms with van der Waals surface area (Å²) < 4.78 is 10.6. The Labute approximate surface area is 136 Å². The Balaban J connectivity index is 2.08. The number of hydrogen-bond acceptors (Lipinski definition) is 4. The van der Waals surface area contributed by atoms with Crippen LogP contribution in [0, 0.1) is 0 Å². The van der Waals surface area contributed by atoms with Crippen molar-refractivity contribution in [3.8, 4) is 5.75 Å². The van der Waals surface area contributed by atoms with Crippen molar-refractivity contribution in [3.05, 3.63) is 29.8 Å². The van der Waals surface area contributed by atoms with Crippen molar-refractivity contribution < 1.29 is 19.1 Å². The summed E-state index contributed by atoms with van der Waals surface area (Å²) in [6.07, 6.45) is 0.284. The van der Waals surface area contributed by atoms with Crippen molar-refractivity contribution in [1.29, 1.82) is 0 Å². The van der Waals surface area contributed by atoms with Crippen LogP contribution in [0.25, 0.3) is 0 Å². The lowest BCUT2D eigenvalue weighted by atomic mass is 10.0. The second kappa shape index (κ2) is 7.97. The van der Waals surface area contributed by atoms with Gasteiger partial charge in [-0.05, 0) is 24.6 Å². The molecule has 0 aliphatic carbocycles. The fourth-order valence-corrected chi connectivity index (χ4v) is 2.68. The van der Waals surface area contributed by atoms with Crippen molar-refractivity contribution in [1.82, 2.24) is 10.2 Å². The Morgan fingerprint density at radius 3 is 2.65 bits per heavy atom. The number of morpholine rings is 1. The number of rotatable bonds is 5. The molecule has 0 spiro atoms. The van der Waals surface area contributed by atoms with Crippen LogP contribution in [0.3, 0.4) is 0 Å². The van der Waals surface area contributed by atoms with Crippen molar-refractivity contribution >= 4 is 11.8 Å². The number of ether oxygens (including phenoxy) is 2. The Morgan fingerprint density at radius 1 is 1.39 bits per heavy atom. The maximum atomic E-state index is 12.5. The first-order chi connectivity index (χ1) is 11.0. The molecular weight excluding hydrogens is 296 g/mol. The van der Waals surface area contributed by atoms with Crippen LogP contribution in [-0.2, 0) is 14.3 Å². The average molecular weight is 320 g/mol. The highest BCUT2D eigenvalue weighted by molar-refractivity contribution is 5.79. The topological polar surface area (TPSA) is 67.9 Å². The minimum absolute atomic E-state index is 0.0229. The van der Waals surface area contributed by atoms with Crippen LogP contribution in [0.15, 0.2) is 24.3 Å². The van der Waals surface area contributed by atoms with E-state index in [0.29, 0.717) is 19.7 Å². The van der Waals surface area contributed by atoms with E-state index >= 15 is 0 Å². The second-order valence-corrected chi connectivity index (χ2v) is 5.75. The van der Waals surface area contributed by atoms with Crippen LogP contribution in [0.1, 0.15) is 31.9 Å². The van der Waals surface area contributed by atoms with Crippen LogP contribution in [-0.4, -0.2) is 49.6 Å². The SMILES string of the molecule is COc1ccc(C(CC(=O)N2CCOC(C)C2)NC(C)=O)cc1. The summed E-state index contributed by atoms with van der Waals surface area (Å²) in [6.45, 7) is 5.15. The van der Waals surface area contributed by atoms with Crippen molar-refractivity contribution in [2.75, 3.05) is 26.8 Å². The minimum Gasteiger partial charge on any atom is -0.497 e. The molecule has 1 aromatic carbocycles. The molecule has 1 heterocycles. The predicted molar refractivity (Wildman–Crippen MR) is 86.2 cm³/mol. The van der Waals surface area contributed by atoms with Crippen LogP contribution in [0.4, 0.5) is 0 Å². The Hall–Kier alpha value is -2.08. The van der Waals surface area contributed by atoms with Crippen LogP contribution >= 0.6 is 0 Å². The Morgan fingerprint density at radius 2 is 2.09 bits per heavy atom. The van der Waals surface area contributed by atoms with E-state index in [9.17, 15) is 9.59 Å². The van der Waals surface area contributed by atoms with Crippen molar-refractivity contribution in [2.45, 2.75) is 32.4 Å². The molecule has 126 valence electrons. The third-order valence-corrected chi connectivity index (χ3v) is 3.87. The highest BCUT2D eigenvalue weighted by Gasteiger charge is 2.25. The molecule has 23 heavy (non-hydrogen) atoms. The zero-order valence-electron chi connectivity index (χ0n) is 13.9. The molecule has 0 radical (unpaired) electrons. The summed E-state index contributed by atoms with van der Waals surface area (Å²) in [5.74, 6) is 0.604. The van der Waals surface area contributed by atoms with Gasteiger partial charge in [0.25, 0.3) is 0 Å². The van der Waals surface area contributed by atoms with Gasteiger partial charge in [0.2, 0.25) is 11.8 Å². The average Bonchev–Trinajstić information content (AvgIpc) is 2.54. The molecule has 1 aliphatic heterocycles. The van der Waals surface area contributed by atoms with E-state index in [2.05, 4.69) is 5.32 Å². The summed E-state index contributed by atoms with van der Waals surface area (Å²) in [7, 11) is 1.60. The van der Waals surface area contributed by atoms with Crippen molar-refractivity contribution in [2.24, 2.45) is 0 Å². The van der Waals surface area contributed by atoms with Gasteiger partial charge in [-0.2, -0.15) is 0 Å². The quantitative estimate of drug-likeness (QED) is 0.893. The molecule has 1 N–H and O–H groups in total. The maximum Gasteiger partial charge on any atom is 0.225 e. The van der Waals surface area contributed by atoms with Crippen LogP contribution in [0.5, 0.6) is 5.75 Å². The smallest absolute Gasteiger partial charge is 0.225 e. The van der Waals surface area contributed by atoms with Crippen LogP contribution in [0.2, 0.25) is 0 Å². The van der Waals surface area contributed by atoms with Gasteiger partial charge in [0.15, 0.2) is 0 Å². The van der Waals surface area contributed by atoms with Gasteiger partial charge >= 0.3 is 0 Å². The van der Waals surface area contributed by atoms with E-state index in [-0.39, 0.29) is 30.4 Å². The largest absolute Gasteiger partial charge is 0.497 e. The van der Waals surface area contributed by atoms with Gasteiger partial charge in [0.1, 0.15) is 5.75 Å². The van der Waals surface area contributed by atoms with Gasteiger partial charge in [-0.3, -0.25) is 9.59 Å². The zero-order chi connectivity index (χ0) is 16.8. The summed E-state index contributed by atoms with van der Waals surface area (Å²) in [5.41, 5.74) is 0.885. The monoisotopic (exact) mass is 320 g/mol. The molecule has 6 heteroatoms. The molecule has 1 saturated heterocycles. The van der Waals surface area contributed by atoms with E-state index in [0.717, 1.165) is 11.3 Å². The molecule has 2 amide bonds. The third-order valence-electron chi connectivity index (χ3n) is 3.87. The molecule has 2 atom stereocenters. The normalized spacial score (nSPS) is 19.1. The molecule has 1 aliphatic rings. The lowest BCUT2D eigenvalue weighted by molar-refractivity contribution is -0.138. The highest BCUT2D eigenvalue weighted by Crippen LogP contribution is 2.22. The Kier molecular flexibility index (Phi) is 5.98. The number of amides is 2. The molecule has 2 rings (SSSR count). The molecule has 2 unspecified atom stereocenters. The second-order valence-electron chi connectivity index (χ2n) is 5.75. The molecule has 1 fully saturated rings. The van der Waals surface area contributed by atoms with Crippen LogP contribution < -0.4 is 10.1 Å². The van der Waals surface area contributed by atoms with Gasteiger partial charge in [0, 0.05) is 20.0 Å². The van der Waals surface area contributed by atoms with Gasteiger partial charge in [-0.25, -0.2) is 0 Å². The fourth-order valence-electron chi connectivity index (χ4n) is 2.68. The number of nitrogens with zero attached hydrogens (tertiary/aromatic N) is 1. The van der Waals surface area contributed by atoms with E-state index < -0.39 is 0 Å². The van der Waals surface area contributed by atoms with E-state index in [1.807, 2.05) is 31.2 Å². The summed E-state index contributed by atoms with van der Waals surface area (Å²) >= 11 is 0. The Bertz CT molecular complexity index is 544. The highest BCUT2D eigenvalue weighted by atomic mass is 16.5. The molecule has 0 aromatic heterocycles. The zero-order valence-corrected chi connectivity index (χ0v) is 13.9. The lowest BCUT2D eigenvalue weighted by Crippen LogP contribution is -2.45. The van der Waals surface area contributed by atoms with Gasteiger partial charge < -0.3 is 19.7 Å². The minimum atomic E-state index is -0.343. The third kappa shape index (κ3) is 4.96. The van der Waals surface area contributed by atoms with E-state index in [1.54, 1.807) is 12.0 Å². The van der Waals surface area contributed by atoms with E-state index in [1.165, 1.54) is 6.92 Å². The van der Waals surface area contributed by atoms with Gasteiger partial charge in [-0.15, -0.1) is 0 Å². The molecule has 0 saturated carbocycles. The number of carbonyl (C=O) groups excluding carboxylic acids is 2. The molecule has 0 bridgehead atoms. The predicted octanol–water partition coefficient (Wildman–Crippen LogP) is 1.51. The standard InChI is InChI=1S/C17H24N2O4/c1-12-11-19(8-9-23-12)17(21)10-16(18-13(2)20)14-4-6-15(22-3)7-5-14/h4-7,12,16H,8-11H2,1-3H3,(H,18,20). The van der Waals surface area contributed by atoms with Gasteiger partial charge in [0.05, 0.1) is 32.3 Å². The van der Waals surface area contributed by atoms with E-state index in [4.69, 9.17) is 9.47 Å². The molecule has 1 aromatic rings. The summed E-state index contributed by atoms with van der Waals surface area (Å²) in [5, 5.41) is 2.86. The maximum absolute atomic E-state index is 12.5. The number of methoxy groups -OCH3 is 1. The molecule has 6 nitrogen and oxygen atoms in total. The summed E-state index contributed by atoms with van der Waals surface area (Å²) in [4.78, 5) is 25.8. The number of nitrogens with one attached hydrogen (secondary N) is 1. The molecular formula is C17H24N2O4. The summed E-state index contributed by atoms with van der Waals surface area (Å²) in [6, 6.07) is 7.05. The fraction of sp³-hybridized carbons (Fsp3) is 0.529. The first-order valence-electron chi connectivity index (χ1n) is 7.80. The number of benzene rings is 1. The number of carbonyl (C=O) groups is 2. The number of hydrogen-bond donors (Lipinski definition) is 1.